The Kier molecular flexibility index (Phi) is 3.33. The van der Waals surface area contributed by atoms with Crippen molar-refractivity contribution in [2.45, 2.75) is 39.4 Å². The van der Waals surface area contributed by atoms with Crippen molar-refractivity contribution in [2.24, 2.45) is 5.73 Å². The molecule has 0 aliphatic carbocycles. The molecule has 0 amide bonds. The molecule has 0 saturated heterocycles. The molecule has 2 rings (SSSR count). The summed E-state index contributed by atoms with van der Waals surface area (Å²) in [6.07, 6.45) is 7.97. The Hall–Kier alpha value is -1.55. The van der Waals surface area contributed by atoms with Gasteiger partial charge >= 0.3 is 0 Å². The van der Waals surface area contributed by atoms with Gasteiger partial charge < -0.3 is 14.9 Å². The normalized spacial score (nSPS) is 13.2. The van der Waals surface area contributed by atoms with Crippen LogP contribution in [0.2, 0.25) is 0 Å². The van der Waals surface area contributed by atoms with Crippen LogP contribution in [0.1, 0.15) is 44.1 Å². The molecule has 2 aromatic heterocycles. The first kappa shape index (κ1) is 11.9. The summed E-state index contributed by atoms with van der Waals surface area (Å²) in [5.41, 5.74) is 8.23. The van der Waals surface area contributed by atoms with E-state index in [0.717, 1.165) is 6.54 Å². The highest BCUT2D eigenvalue weighted by atomic mass is 15.1. The molecule has 4 heteroatoms. The van der Waals surface area contributed by atoms with E-state index in [9.17, 15) is 0 Å². The van der Waals surface area contributed by atoms with Crippen LogP contribution in [-0.2, 0) is 6.54 Å². The first-order valence-corrected chi connectivity index (χ1v) is 6.00. The Bertz CT molecular complexity index is 479. The fraction of sp³-hybridized carbons (Fsp3) is 0.462. The summed E-state index contributed by atoms with van der Waals surface area (Å²) in [6, 6.07) is 2.60. The van der Waals surface area contributed by atoms with Gasteiger partial charge in [-0.25, -0.2) is 4.98 Å². The van der Waals surface area contributed by atoms with Gasteiger partial charge in [0.05, 0.1) is 18.6 Å². The minimum Gasteiger partial charge on any atom is -0.348 e. The molecule has 0 bridgehead atoms. The minimum atomic E-state index is 0.0891. The number of rotatable bonds is 4. The Balaban J connectivity index is 2.17. The lowest BCUT2D eigenvalue weighted by Crippen LogP contribution is -2.08. The summed E-state index contributed by atoms with van der Waals surface area (Å²) >= 11 is 0. The van der Waals surface area contributed by atoms with E-state index in [2.05, 4.69) is 46.4 Å². The van der Waals surface area contributed by atoms with Crippen LogP contribution in [0.15, 0.2) is 31.0 Å². The SMILES string of the molecule is CC(N)c1ccn(Cc2cncn2C(C)C)c1. The number of nitrogens with two attached hydrogens (primary N) is 1. The lowest BCUT2D eigenvalue weighted by Gasteiger charge is -2.12. The number of aromatic nitrogens is 3. The molecule has 0 radical (unpaired) electrons. The molecule has 0 spiro atoms. The zero-order valence-corrected chi connectivity index (χ0v) is 10.7. The second-order valence-corrected chi connectivity index (χ2v) is 4.79. The number of hydrogen-bond acceptors (Lipinski definition) is 2. The van der Waals surface area contributed by atoms with Gasteiger partial charge in [-0.2, -0.15) is 0 Å². The van der Waals surface area contributed by atoms with E-state index < -0.39 is 0 Å². The Morgan fingerprint density at radius 2 is 2.12 bits per heavy atom. The van der Waals surface area contributed by atoms with Crippen molar-refractivity contribution >= 4 is 0 Å². The largest absolute Gasteiger partial charge is 0.348 e. The van der Waals surface area contributed by atoms with Crippen LogP contribution in [0.3, 0.4) is 0 Å². The molecule has 0 aliphatic rings. The molecule has 0 saturated carbocycles. The molecule has 1 unspecified atom stereocenters. The standard InChI is InChI=1S/C13H20N4/c1-10(2)17-9-15-6-13(17)8-16-5-4-12(7-16)11(3)14/h4-7,9-11H,8,14H2,1-3H3. The summed E-state index contributed by atoms with van der Waals surface area (Å²) in [7, 11) is 0. The Morgan fingerprint density at radius 1 is 1.35 bits per heavy atom. The van der Waals surface area contributed by atoms with E-state index in [1.165, 1.54) is 11.3 Å². The van der Waals surface area contributed by atoms with Crippen LogP contribution in [0.4, 0.5) is 0 Å². The molecule has 0 fully saturated rings. The van der Waals surface area contributed by atoms with Crippen molar-refractivity contribution in [3.63, 3.8) is 0 Å². The van der Waals surface area contributed by atoms with Crippen LogP contribution in [0.5, 0.6) is 0 Å². The summed E-state index contributed by atoms with van der Waals surface area (Å²) in [6.45, 7) is 7.16. The fourth-order valence-electron chi connectivity index (χ4n) is 1.93. The van der Waals surface area contributed by atoms with E-state index in [1.54, 1.807) is 0 Å². The van der Waals surface area contributed by atoms with Gasteiger partial charge in [0, 0.05) is 30.7 Å². The van der Waals surface area contributed by atoms with Crippen molar-refractivity contribution in [1.82, 2.24) is 14.1 Å². The first-order valence-electron chi connectivity index (χ1n) is 6.00. The lowest BCUT2D eigenvalue weighted by molar-refractivity contribution is 0.561. The topological polar surface area (TPSA) is 48.8 Å². The van der Waals surface area contributed by atoms with Crippen molar-refractivity contribution in [3.05, 3.63) is 42.2 Å². The van der Waals surface area contributed by atoms with E-state index in [4.69, 9.17) is 5.73 Å². The number of imidazole rings is 1. The van der Waals surface area contributed by atoms with Gasteiger partial charge in [0.15, 0.2) is 0 Å². The van der Waals surface area contributed by atoms with Gasteiger partial charge in [0.25, 0.3) is 0 Å². The Morgan fingerprint density at radius 3 is 2.71 bits per heavy atom. The molecule has 1 atom stereocenters. The maximum absolute atomic E-state index is 5.85. The highest BCUT2D eigenvalue weighted by Crippen LogP contribution is 2.13. The van der Waals surface area contributed by atoms with Crippen LogP contribution in [0.25, 0.3) is 0 Å². The van der Waals surface area contributed by atoms with Gasteiger partial charge in [0.1, 0.15) is 0 Å². The van der Waals surface area contributed by atoms with Crippen LogP contribution in [0, 0.1) is 0 Å². The van der Waals surface area contributed by atoms with E-state index in [-0.39, 0.29) is 6.04 Å². The number of nitrogens with zero attached hydrogens (tertiary/aromatic N) is 3. The lowest BCUT2D eigenvalue weighted by atomic mass is 10.2. The van der Waals surface area contributed by atoms with Gasteiger partial charge in [0.2, 0.25) is 0 Å². The zero-order chi connectivity index (χ0) is 12.4. The van der Waals surface area contributed by atoms with Gasteiger partial charge in [-0.15, -0.1) is 0 Å². The fourth-order valence-corrected chi connectivity index (χ4v) is 1.93. The predicted octanol–water partition coefficient (Wildman–Crippen LogP) is 2.33. The molecular formula is C13H20N4. The summed E-state index contributed by atoms with van der Waals surface area (Å²) in [4.78, 5) is 4.21. The molecule has 4 nitrogen and oxygen atoms in total. The zero-order valence-electron chi connectivity index (χ0n) is 10.7. The first-order chi connectivity index (χ1) is 8.08. The quantitative estimate of drug-likeness (QED) is 0.879. The summed E-state index contributed by atoms with van der Waals surface area (Å²) in [5, 5.41) is 0. The van der Waals surface area contributed by atoms with Crippen molar-refractivity contribution in [2.75, 3.05) is 0 Å². The van der Waals surface area contributed by atoms with Crippen molar-refractivity contribution < 1.29 is 0 Å². The number of hydrogen-bond donors (Lipinski definition) is 1. The average molecular weight is 232 g/mol. The van der Waals surface area contributed by atoms with Crippen molar-refractivity contribution in [1.29, 1.82) is 0 Å². The third kappa shape index (κ3) is 2.58. The van der Waals surface area contributed by atoms with E-state index >= 15 is 0 Å². The second kappa shape index (κ2) is 4.75. The molecule has 2 N–H and O–H groups in total. The monoisotopic (exact) mass is 232 g/mol. The molecule has 17 heavy (non-hydrogen) atoms. The highest BCUT2D eigenvalue weighted by molar-refractivity contribution is 5.15. The molecule has 92 valence electrons. The molecule has 0 aromatic carbocycles. The third-order valence-electron chi connectivity index (χ3n) is 2.95. The highest BCUT2D eigenvalue weighted by Gasteiger charge is 2.07. The molecule has 0 aliphatic heterocycles. The van der Waals surface area contributed by atoms with Gasteiger partial charge in [-0.3, -0.25) is 0 Å². The summed E-state index contributed by atoms with van der Waals surface area (Å²) < 4.78 is 4.33. The minimum absolute atomic E-state index is 0.0891. The second-order valence-electron chi connectivity index (χ2n) is 4.79. The maximum Gasteiger partial charge on any atom is 0.0951 e. The van der Waals surface area contributed by atoms with Gasteiger partial charge in [-0.05, 0) is 32.4 Å². The van der Waals surface area contributed by atoms with Crippen molar-refractivity contribution in [3.8, 4) is 0 Å². The van der Waals surface area contributed by atoms with Crippen LogP contribution < -0.4 is 5.73 Å². The molecule has 2 heterocycles. The van der Waals surface area contributed by atoms with Gasteiger partial charge in [-0.1, -0.05) is 0 Å². The summed E-state index contributed by atoms with van der Waals surface area (Å²) in [5.74, 6) is 0. The van der Waals surface area contributed by atoms with Crippen LogP contribution in [-0.4, -0.2) is 14.1 Å². The van der Waals surface area contributed by atoms with E-state index in [0.29, 0.717) is 6.04 Å². The molecule has 2 aromatic rings. The van der Waals surface area contributed by atoms with Crippen LogP contribution >= 0.6 is 0 Å². The Labute approximate surface area is 102 Å². The predicted molar refractivity (Wildman–Crippen MR) is 68.7 cm³/mol. The molecular weight excluding hydrogens is 212 g/mol. The average Bonchev–Trinajstić information content (AvgIpc) is 2.86. The third-order valence-corrected chi connectivity index (χ3v) is 2.95. The smallest absolute Gasteiger partial charge is 0.0951 e. The maximum atomic E-state index is 5.85. The van der Waals surface area contributed by atoms with E-state index in [1.807, 2.05) is 19.4 Å².